The van der Waals surface area contributed by atoms with Crippen molar-refractivity contribution in [2.75, 3.05) is 0 Å². The molecular weight excluding hydrogens is 138 g/mol. The van der Waals surface area contributed by atoms with Crippen LogP contribution in [0.25, 0.3) is 0 Å². The van der Waals surface area contributed by atoms with E-state index in [-0.39, 0.29) is 17.1 Å². The van der Waals surface area contributed by atoms with Gasteiger partial charge in [-0.2, -0.15) is 0 Å². The van der Waals surface area contributed by atoms with E-state index in [0.717, 1.165) is 0 Å². The molecule has 0 atom stereocenters. The van der Waals surface area contributed by atoms with Crippen molar-refractivity contribution in [2.45, 2.75) is 0 Å². The van der Waals surface area contributed by atoms with Crippen molar-refractivity contribution in [3.05, 3.63) is 0 Å². The van der Waals surface area contributed by atoms with Crippen LogP contribution in [0.4, 0.5) is 0 Å². The van der Waals surface area contributed by atoms with Crippen LogP contribution in [-0.2, 0) is 17.1 Å². The fourth-order valence-electron chi connectivity index (χ4n) is 0.269. The largest absolute Gasteiger partial charge is 0.379 e. The van der Waals surface area contributed by atoms with Crippen LogP contribution in [0.15, 0.2) is 0 Å². The van der Waals surface area contributed by atoms with E-state index in [4.69, 9.17) is 0 Å². The Balaban J connectivity index is 0.000000360. The molecule has 0 saturated carbocycles. The Bertz CT molecular complexity index is 25.7. The molecule has 0 bridgehead atoms. The van der Waals surface area contributed by atoms with Gasteiger partial charge in [0.25, 0.3) is 22.6 Å². The maximum atomic E-state index is 2.78. The third-order valence-electron chi connectivity index (χ3n) is 0.500. The fourth-order valence-corrected chi connectivity index (χ4v) is 0.269. The van der Waals surface area contributed by atoms with Crippen molar-refractivity contribution >= 4 is 22.6 Å². The molecule has 7 heavy (non-hydrogen) atoms. The minimum Gasteiger partial charge on any atom is -0.379 e. The quantitative estimate of drug-likeness (QED) is 0.323. The molecule has 0 aliphatic carbocycles. The molecule has 3 N–H and O–H groups in total. The SMILES string of the molecule is [B]1N[B]N[B]N1.[Cu]. The summed E-state index contributed by atoms with van der Waals surface area (Å²) < 4.78 is 0. The second kappa shape index (κ2) is 4.75. The number of nitrogens with one attached hydrogen (secondary N) is 3. The van der Waals surface area contributed by atoms with Gasteiger partial charge in [-0.3, -0.25) is 0 Å². The van der Waals surface area contributed by atoms with Gasteiger partial charge in [-0.15, -0.1) is 0 Å². The molecule has 4 radical (unpaired) electrons. The van der Waals surface area contributed by atoms with Crippen molar-refractivity contribution in [3.63, 3.8) is 0 Å². The molecule has 1 aliphatic rings. The Hall–Kier alpha value is 0.594. The van der Waals surface area contributed by atoms with Crippen LogP contribution in [0.1, 0.15) is 0 Å². The van der Waals surface area contributed by atoms with Gasteiger partial charge in [-0.1, -0.05) is 0 Å². The van der Waals surface area contributed by atoms with Crippen LogP contribution < -0.4 is 15.4 Å². The summed E-state index contributed by atoms with van der Waals surface area (Å²) in [7, 11) is 5.16. The van der Waals surface area contributed by atoms with Gasteiger partial charge in [0.05, 0.1) is 0 Å². The van der Waals surface area contributed by atoms with E-state index in [1.54, 1.807) is 22.6 Å². The van der Waals surface area contributed by atoms with E-state index in [2.05, 4.69) is 15.4 Å². The Morgan fingerprint density at radius 3 is 1.14 bits per heavy atom. The minimum atomic E-state index is 0. The van der Waals surface area contributed by atoms with Gasteiger partial charge in [0, 0.05) is 17.1 Å². The smallest absolute Gasteiger partial charge is 0.284 e. The van der Waals surface area contributed by atoms with Crippen LogP contribution in [-0.4, -0.2) is 22.6 Å². The van der Waals surface area contributed by atoms with E-state index in [1.807, 2.05) is 0 Å². The molecule has 1 fully saturated rings. The van der Waals surface area contributed by atoms with Crippen molar-refractivity contribution in [3.8, 4) is 0 Å². The zero-order valence-corrected chi connectivity index (χ0v) is 4.48. The second-order valence-electron chi connectivity index (χ2n) is 0.933. The molecule has 1 rings (SSSR count). The molecular formula is H3B3CuN3. The van der Waals surface area contributed by atoms with Crippen LogP contribution in [0, 0.1) is 0 Å². The molecule has 0 unspecified atom stereocenters. The zero-order chi connectivity index (χ0) is 4.24. The maximum absolute atomic E-state index is 2.78. The monoisotopic (exact) mass is 141 g/mol. The average Bonchev–Trinajstić information content (AvgIpc) is 1.72. The summed E-state index contributed by atoms with van der Waals surface area (Å²) in [6.45, 7) is 0. The number of rotatable bonds is 0. The Morgan fingerprint density at radius 2 is 1.00 bits per heavy atom. The molecule has 7 heteroatoms. The molecule has 0 amide bonds. The van der Waals surface area contributed by atoms with Crippen molar-refractivity contribution in [1.82, 2.24) is 15.4 Å². The van der Waals surface area contributed by atoms with Gasteiger partial charge >= 0.3 is 0 Å². The van der Waals surface area contributed by atoms with Crippen LogP contribution in [0.3, 0.4) is 0 Å². The standard InChI is InChI=1S/B3H3N3.Cu/c1-4-2-6-3-5-1;/h4-6H;. The molecule has 1 aliphatic heterocycles. The minimum absolute atomic E-state index is 0. The van der Waals surface area contributed by atoms with E-state index in [1.165, 1.54) is 0 Å². The van der Waals surface area contributed by atoms with E-state index in [9.17, 15) is 0 Å². The molecule has 3 nitrogen and oxygen atoms in total. The van der Waals surface area contributed by atoms with E-state index >= 15 is 0 Å². The van der Waals surface area contributed by atoms with Crippen LogP contribution >= 0.6 is 0 Å². The Morgan fingerprint density at radius 1 is 0.714 bits per heavy atom. The van der Waals surface area contributed by atoms with Gasteiger partial charge in [0.2, 0.25) is 0 Å². The first kappa shape index (κ1) is 7.59. The van der Waals surface area contributed by atoms with Crippen molar-refractivity contribution in [1.29, 1.82) is 0 Å². The summed E-state index contributed by atoms with van der Waals surface area (Å²) in [5.41, 5.74) is 0. The second-order valence-corrected chi connectivity index (χ2v) is 0.933. The first-order chi connectivity index (χ1) is 3.00. The number of hydrogen-bond donors (Lipinski definition) is 3. The summed E-state index contributed by atoms with van der Waals surface area (Å²) in [4.78, 5) is 0. The van der Waals surface area contributed by atoms with Crippen molar-refractivity contribution < 1.29 is 17.1 Å². The predicted octanol–water partition coefficient (Wildman–Crippen LogP) is -2.63. The summed E-state index contributed by atoms with van der Waals surface area (Å²) >= 11 is 0. The van der Waals surface area contributed by atoms with Gasteiger partial charge in [-0.05, 0) is 0 Å². The van der Waals surface area contributed by atoms with Gasteiger partial charge in [-0.25, -0.2) is 0 Å². The summed E-state index contributed by atoms with van der Waals surface area (Å²) in [6.07, 6.45) is 0. The van der Waals surface area contributed by atoms with Crippen LogP contribution in [0.2, 0.25) is 0 Å². The summed E-state index contributed by atoms with van der Waals surface area (Å²) in [6, 6.07) is 0. The summed E-state index contributed by atoms with van der Waals surface area (Å²) in [5.74, 6) is 0. The predicted molar refractivity (Wildman–Crippen MR) is 26.7 cm³/mol. The zero-order valence-electron chi connectivity index (χ0n) is 3.53. The van der Waals surface area contributed by atoms with Gasteiger partial charge in [0.15, 0.2) is 0 Å². The summed E-state index contributed by atoms with van der Waals surface area (Å²) in [5, 5.41) is 8.34. The maximum Gasteiger partial charge on any atom is 0.284 e. The normalized spacial score (nSPS) is 17.1. The fraction of sp³-hybridized carbons (Fsp3) is 0. The first-order valence-corrected chi connectivity index (χ1v) is 1.73. The molecule has 0 aromatic heterocycles. The molecule has 0 spiro atoms. The third-order valence-corrected chi connectivity index (χ3v) is 0.500. The Labute approximate surface area is 55.7 Å². The molecule has 0 aromatic carbocycles. The van der Waals surface area contributed by atoms with Gasteiger partial charge in [0.1, 0.15) is 0 Å². The molecule has 38 valence electrons. The molecule has 0 aromatic rings. The topological polar surface area (TPSA) is 36.1 Å². The third kappa shape index (κ3) is 3.20. The van der Waals surface area contributed by atoms with E-state index < -0.39 is 0 Å². The first-order valence-electron chi connectivity index (χ1n) is 1.73. The Kier molecular flexibility index (Phi) is 5.15. The average molecular weight is 141 g/mol. The molecule has 1 saturated heterocycles. The van der Waals surface area contributed by atoms with Crippen LogP contribution in [0.5, 0.6) is 0 Å². The molecule has 1 heterocycles. The number of hydrogen-bond acceptors (Lipinski definition) is 3. The van der Waals surface area contributed by atoms with Crippen molar-refractivity contribution in [2.24, 2.45) is 0 Å². The van der Waals surface area contributed by atoms with E-state index in [0.29, 0.717) is 0 Å². The van der Waals surface area contributed by atoms with Gasteiger partial charge < -0.3 is 15.4 Å².